The molecule has 0 atom stereocenters. The zero-order valence-corrected chi connectivity index (χ0v) is 20.0. The first kappa shape index (κ1) is 25.2. The van der Waals surface area contributed by atoms with E-state index in [1.54, 1.807) is 26.0 Å². The second-order valence-electron chi connectivity index (χ2n) is 7.24. The maximum absolute atomic E-state index is 14.6. The summed E-state index contributed by atoms with van der Waals surface area (Å²) in [5.41, 5.74) is 0.800. The van der Waals surface area contributed by atoms with E-state index in [2.05, 4.69) is 5.32 Å². The number of sulfonamides is 1. The number of anilines is 2. The van der Waals surface area contributed by atoms with Crippen LogP contribution in [-0.4, -0.2) is 33.4 Å². The number of esters is 1. The molecule has 10 heteroatoms. The molecule has 1 N–H and O–H groups in total. The average Bonchev–Trinajstić information content (AvgIpc) is 2.79. The first-order valence-electron chi connectivity index (χ1n) is 10.2. The zero-order valence-electron chi connectivity index (χ0n) is 18.4. The largest absolute Gasteiger partial charge is 0.462 e. The first-order chi connectivity index (χ1) is 16.1. The van der Waals surface area contributed by atoms with Gasteiger partial charge in [-0.15, -0.1) is 0 Å². The van der Waals surface area contributed by atoms with Crippen LogP contribution in [0.15, 0.2) is 71.6 Å². The third-order valence-electron chi connectivity index (χ3n) is 4.76. The van der Waals surface area contributed by atoms with E-state index < -0.39 is 34.3 Å². The molecule has 0 aromatic heterocycles. The van der Waals surface area contributed by atoms with Gasteiger partial charge in [0.25, 0.3) is 10.0 Å². The second kappa shape index (κ2) is 10.7. The summed E-state index contributed by atoms with van der Waals surface area (Å²) in [4.78, 5) is 24.8. The molecule has 7 nitrogen and oxygen atoms in total. The lowest BCUT2D eigenvalue weighted by molar-refractivity contribution is -0.114. The van der Waals surface area contributed by atoms with Crippen LogP contribution in [0.5, 0.6) is 0 Å². The molecule has 0 radical (unpaired) electrons. The van der Waals surface area contributed by atoms with E-state index in [4.69, 9.17) is 16.3 Å². The summed E-state index contributed by atoms with van der Waals surface area (Å²) >= 11 is 6.04. The standard InChI is InChI=1S/C24H22ClFN2O5S/c1-3-33-24(30)19-14-17(10-13-20(19)25)27-23(29)15-28(22-7-5-4-6-21(22)26)34(31,32)18-11-8-16(2)9-12-18/h4-14H,3,15H2,1-2H3,(H,27,29). The van der Waals surface area contributed by atoms with E-state index in [-0.39, 0.29) is 33.5 Å². The molecule has 0 saturated carbocycles. The molecule has 0 saturated heterocycles. The first-order valence-corrected chi connectivity index (χ1v) is 12.1. The molecule has 3 rings (SSSR count). The number of hydrogen-bond acceptors (Lipinski definition) is 5. The van der Waals surface area contributed by atoms with Crippen LogP contribution in [0, 0.1) is 12.7 Å². The van der Waals surface area contributed by atoms with Crippen LogP contribution in [-0.2, 0) is 19.6 Å². The highest BCUT2D eigenvalue weighted by Crippen LogP contribution is 2.27. The van der Waals surface area contributed by atoms with Crippen molar-refractivity contribution in [1.82, 2.24) is 0 Å². The molecule has 0 heterocycles. The van der Waals surface area contributed by atoms with Crippen molar-refractivity contribution in [2.45, 2.75) is 18.7 Å². The molecule has 0 aliphatic heterocycles. The molecule has 0 aliphatic carbocycles. The van der Waals surface area contributed by atoms with Crippen molar-refractivity contribution in [3.63, 3.8) is 0 Å². The van der Waals surface area contributed by atoms with Crippen LogP contribution in [0.3, 0.4) is 0 Å². The number of carbonyl (C=O) groups is 2. The van der Waals surface area contributed by atoms with Gasteiger partial charge >= 0.3 is 5.97 Å². The fraction of sp³-hybridized carbons (Fsp3) is 0.167. The lowest BCUT2D eigenvalue weighted by Gasteiger charge is -2.24. The van der Waals surface area contributed by atoms with E-state index in [0.717, 1.165) is 11.6 Å². The predicted octanol–water partition coefficient (Wildman–Crippen LogP) is 4.80. The van der Waals surface area contributed by atoms with Crippen molar-refractivity contribution in [2.24, 2.45) is 0 Å². The quantitative estimate of drug-likeness (QED) is 0.445. The molecule has 0 aliphatic rings. The van der Waals surface area contributed by atoms with Gasteiger partial charge in [-0.05, 0) is 56.3 Å². The van der Waals surface area contributed by atoms with Crippen molar-refractivity contribution in [1.29, 1.82) is 0 Å². The number of hydrogen-bond donors (Lipinski definition) is 1. The van der Waals surface area contributed by atoms with Crippen LogP contribution in [0.4, 0.5) is 15.8 Å². The Morgan fingerprint density at radius 3 is 2.38 bits per heavy atom. The van der Waals surface area contributed by atoms with Crippen molar-refractivity contribution < 1.29 is 27.1 Å². The summed E-state index contributed by atoms with van der Waals surface area (Å²) in [7, 11) is -4.28. The number of ether oxygens (including phenoxy) is 1. The number of nitrogens with one attached hydrogen (secondary N) is 1. The summed E-state index contributed by atoms with van der Waals surface area (Å²) in [5.74, 6) is -2.23. The third kappa shape index (κ3) is 5.73. The number of nitrogens with zero attached hydrogens (tertiary/aromatic N) is 1. The number of carbonyl (C=O) groups excluding carboxylic acids is 2. The van der Waals surface area contributed by atoms with Gasteiger partial charge in [0.05, 0.1) is 27.8 Å². The molecular weight excluding hydrogens is 483 g/mol. The van der Waals surface area contributed by atoms with Gasteiger partial charge in [0.2, 0.25) is 5.91 Å². The minimum absolute atomic E-state index is 0.0413. The van der Waals surface area contributed by atoms with Crippen LogP contribution in [0.1, 0.15) is 22.8 Å². The Kier molecular flexibility index (Phi) is 7.90. The molecule has 0 spiro atoms. The Morgan fingerprint density at radius 1 is 1.06 bits per heavy atom. The average molecular weight is 505 g/mol. The number of rotatable bonds is 8. The fourth-order valence-electron chi connectivity index (χ4n) is 3.09. The molecular formula is C24H22ClFN2O5S. The summed E-state index contributed by atoms with van der Waals surface area (Å²) < 4.78 is 46.9. The van der Waals surface area contributed by atoms with Gasteiger partial charge in [0.15, 0.2) is 0 Å². The van der Waals surface area contributed by atoms with Crippen molar-refractivity contribution in [3.8, 4) is 0 Å². The molecule has 3 aromatic rings. The van der Waals surface area contributed by atoms with E-state index in [1.165, 1.54) is 48.5 Å². The van der Waals surface area contributed by atoms with E-state index >= 15 is 0 Å². The number of halogens is 2. The van der Waals surface area contributed by atoms with Gasteiger partial charge in [-0.25, -0.2) is 17.6 Å². The molecule has 0 fully saturated rings. The van der Waals surface area contributed by atoms with Crippen molar-refractivity contribution in [2.75, 3.05) is 22.8 Å². The summed E-state index contributed by atoms with van der Waals surface area (Å²) in [6.07, 6.45) is 0. The maximum Gasteiger partial charge on any atom is 0.339 e. The molecule has 0 unspecified atom stereocenters. The molecule has 178 valence electrons. The van der Waals surface area contributed by atoms with Gasteiger partial charge in [0.1, 0.15) is 12.4 Å². The third-order valence-corrected chi connectivity index (χ3v) is 6.87. The van der Waals surface area contributed by atoms with E-state index in [9.17, 15) is 22.4 Å². The topological polar surface area (TPSA) is 92.8 Å². The summed E-state index contributed by atoms with van der Waals surface area (Å²) in [6, 6.07) is 15.4. The molecule has 34 heavy (non-hydrogen) atoms. The minimum atomic E-state index is -4.28. The summed E-state index contributed by atoms with van der Waals surface area (Å²) in [6.45, 7) is 2.87. The van der Waals surface area contributed by atoms with Gasteiger partial charge in [-0.1, -0.05) is 41.4 Å². The van der Waals surface area contributed by atoms with Gasteiger partial charge in [0, 0.05) is 5.69 Å². The van der Waals surface area contributed by atoms with Crippen LogP contribution < -0.4 is 9.62 Å². The van der Waals surface area contributed by atoms with Gasteiger partial charge in [-0.3, -0.25) is 9.10 Å². The number of aryl methyl sites for hydroxylation is 1. The van der Waals surface area contributed by atoms with Gasteiger partial charge in [-0.2, -0.15) is 0 Å². The fourth-order valence-corrected chi connectivity index (χ4v) is 4.71. The van der Waals surface area contributed by atoms with Gasteiger partial charge < -0.3 is 10.1 Å². The SMILES string of the molecule is CCOC(=O)c1cc(NC(=O)CN(c2ccccc2F)S(=O)(=O)c2ccc(C)cc2)ccc1Cl. The monoisotopic (exact) mass is 504 g/mol. The van der Waals surface area contributed by atoms with Crippen molar-refractivity contribution in [3.05, 3.63) is 88.7 Å². The highest BCUT2D eigenvalue weighted by Gasteiger charge is 2.29. The van der Waals surface area contributed by atoms with Crippen molar-refractivity contribution >= 4 is 44.9 Å². The molecule has 0 bridgehead atoms. The van der Waals surface area contributed by atoms with Crippen LogP contribution in [0.25, 0.3) is 0 Å². The smallest absolute Gasteiger partial charge is 0.339 e. The van der Waals surface area contributed by atoms with Crippen LogP contribution >= 0.6 is 11.6 Å². The second-order valence-corrected chi connectivity index (χ2v) is 9.51. The Hall–Kier alpha value is -3.43. The Bertz CT molecular complexity index is 1310. The Morgan fingerprint density at radius 2 is 1.74 bits per heavy atom. The highest BCUT2D eigenvalue weighted by molar-refractivity contribution is 7.92. The number of amides is 1. The summed E-state index contributed by atoms with van der Waals surface area (Å²) in [5, 5.41) is 2.66. The van der Waals surface area contributed by atoms with Crippen LogP contribution in [0.2, 0.25) is 5.02 Å². The molecule has 1 amide bonds. The maximum atomic E-state index is 14.6. The lowest BCUT2D eigenvalue weighted by atomic mass is 10.2. The van der Waals surface area contributed by atoms with E-state index in [0.29, 0.717) is 4.31 Å². The minimum Gasteiger partial charge on any atom is -0.462 e. The van der Waals surface area contributed by atoms with E-state index in [1.807, 2.05) is 0 Å². The lowest BCUT2D eigenvalue weighted by Crippen LogP contribution is -2.38. The predicted molar refractivity (Wildman–Crippen MR) is 128 cm³/mol. The normalized spacial score (nSPS) is 11.1. The Balaban J connectivity index is 1.93. The Labute approximate surface area is 202 Å². The molecule has 3 aromatic carbocycles. The zero-order chi connectivity index (χ0) is 24.9. The number of benzene rings is 3. The number of para-hydroxylation sites is 1. The highest BCUT2D eigenvalue weighted by atomic mass is 35.5.